The summed E-state index contributed by atoms with van der Waals surface area (Å²) in [4.78, 5) is 28.1. The van der Waals surface area contributed by atoms with Crippen LogP contribution in [0.3, 0.4) is 0 Å². The first-order valence-corrected chi connectivity index (χ1v) is 11.5. The third-order valence-electron chi connectivity index (χ3n) is 5.60. The van der Waals surface area contributed by atoms with Gasteiger partial charge in [0.15, 0.2) is 10.4 Å². The Morgan fingerprint density at radius 1 is 1.10 bits per heavy atom. The number of benzene rings is 2. The number of methoxy groups -OCH3 is 1. The van der Waals surface area contributed by atoms with E-state index in [9.17, 15) is 9.59 Å². The zero-order valence-electron chi connectivity index (χ0n) is 17.1. The lowest BCUT2D eigenvalue weighted by atomic mass is 9.92. The maximum atomic E-state index is 13.4. The van der Waals surface area contributed by atoms with Crippen molar-refractivity contribution in [2.24, 2.45) is 0 Å². The van der Waals surface area contributed by atoms with Crippen LogP contribution < -0.4 is 0 Å². The fourth-order valence-electron chi connectivity index (χ4n) is 4.18. The molecule has 0 saturated carbocycles. The van der Waals surface area contributed by atoms with E-state index in [-0.39, 0.29) is 17.9 Å². The molecule has 4 rings (SSSR count). The van der Waals surface area contributed by atoms with Crippen LogP contribution in [0, 0.1) is 0 Å². The molecule has 2 saturated heterocycles. The van der Waals surface area contributed by atoms with Crippen LogP contribution in [0.1, 0.15) is 31.1 Å². The number of alkyl halides is 1. The average molecular weight is 490 g/mol. The molecule has 1 amide bonds. The van der Waals surface area contributed by atoms with Gasteiger partial charge in [-0.2, -0.15) is 0 Å². The van der Waals surface area contributed by atoms with Crippen molar-refractivity contribution in [1.82, 2.24) is 4.90 Å². The molecule has 158 valence electrons. The van der Waals surface area contributed by atoms with Crippen molar-refractivity contribution < 1.29 is 19.1 Å². The lowest BCUT2D eigenvalue weighted by Crippen LogP contribution is -2.72. The fraction of sp³-hybridized carbons (Fsp3) is 0.391. The summed E-state index contributed by atoms with van der Waals surface area (Å²) in [5.41, 5.74) is 1.78. The Labute approximate surface area is 189 Å². The number of nitrogens with zero attached hydrogens (tertiary/aromatic N) is 1. The van der Waals surface area contributed by atoms with Gasteiger partial charge >= 0.3 is 5.97 Å². The maximum Gasteiger partial charge on any atom is 0.331 e. The molecule has 0 unspecified atom stereocenters. The molecule has 0 spiro atoms. The van der Waals surface area contributed by atoms with Gasteiger partial charge in [-0.3, -0.25) is 4.79 Å². The van der Waals surface area contributed by atoms with Crippen molar-refractivity contribution in [2.75, 3.05) is 13.7 Å². The number of hydrogen-bond donors (Lipinski definition) is 0. The number of carbonyl (C=O) groups excluding carboxylic acids is 2. The Bertz CT molecular complexity index is 899. The van der Waals surface area contributed by atoms with Crippen molar-refractivity contribution in [3.05, 3.63) is 71.8 Å². The number of amides is 1. The molecule has 0 bridgehead atoms. The zero-order valence-corrected chi connectivity index (χ0v) is 19.5. The van der Waals surface area contributed by atoms with E-state index in [1.54, 1.807) is 23.8 Å². The second-order valence-corrected chi connectivity index (χ2v) is 11.3. The van der Waals surface area contributed by atoms with Gasteiger partial charge in [-0.1, -0.05) is 76.6 Å². The predicted molar refractivity (Wildman–Crippen MR) is 120 cm³/mol. The van der Waals surface area contributed by atoms with Crippen LogP contribution in [0.2, 0.25) is 0 Å². The lowest BCUT2D eigenvalue weighted by molar-refractivity contribution is -0.167. The summed E-state index contributed by atoms with van der Waals surface area (Å²) in [6, 6.07) is 18.7. The van der Waals surface area contributed by atoms with Crippen molar-refractivity contribution in [3.8, 4) is 0 Å². The molecular formula is C23H24BrNO4S. The summed E-state index contributed by atoms with van der Waals surface area (Å²) in [6.45, 7) is 4.22. The minimum Gasteiger partial charge on any atom is -0.451 e. The minimum absolute atomic E-state index is 0.134. The topological polar surface area (TPSA) is 55.8 Å². The van der Waals surface area contributed by atoms with Gasteiger partial charge in [-0.05, 0) is 25.0 Å². The van der Waals surface area contributed by atoms with E-state index in [1.807, 2.05) is 74.5 Å². The number of rotatable bonds is 6. The van der Waals surface area contributed by atoms with Crippen LogP contribution in [0.4, 0.5) is 0 Å². The van der Waals surface area contributed by atoms with Crippen molar-refractivity contribution >= 4 is 39.6 Å². The highest BCUT2D eigenvalue weighted by atomic mass is 79.9. The summed E-state index contributed by atoms with van der Waals surface area (Å²) < 4.78 is 10.0. The quantitative estimate of drug-likeness (QED) is 0.346. The van der Waals surface area contributed by atoms with Crippen LogP contribution in [-0.2, 0) is 19.1 Å². The number of ether oxygens (including phenoxy) is 2. The number of thioether (sulfide) groups is 1. The van der Waals surface area contributed by atoms with Gasteiger partial charge in [0.1, 0.15) is 11.4 Å². The van der Waals surface area contributed by atoms with E-state index >= 15 is 0 Å². The summed E-state index contributed by atoms with van der Waals surface area (Å²) in [5, 5.41) is -0.176. The van der Waals surface area contributed by atoms with E-state index in [0.717, 1.165) is 11.1 Å². The van der Waals surface area contributed by atoms with Gasteiger partial charge in [0.25, 0.3) is 0 Å². The second-order valence-electron chi connectivity index (χ2n) is 8.12. The monoisotopic (exact) mass is 489 g/mol. The van der Waals surface area contributed by atoms with E-state index in [2.05, 4.69) is 15.9 Å². The molecule has 2 aliphatic rings. The van der Waals surface area contributed by atoms with Gasteiger partial charge in [-0.25, -0.2) is 4.79 Å². The molecule has 0 aromatic heterocycles. The molecule has 0 N–H and O–H groups in total. The first-order valence-electron chi connectivity index (χ1n) is 9.78. The Balaban J connectivity index is 1.62. The number of hydrogen-bond acceptors (Lipinski definition) is 5. The lowest BCUT2D eigenvalue weighted by Gasteiger charge is -2.49. The van der Waals surface area contributed by atoms with Crippen LogP contribution in [0.25, 0.3) is 0 Å². The highest BCUT2D eigenvalue weighted by molar-refractivity contribution is 9.10. The Morgan fingerprint density at radius 3 is 2.13 bits per heavy atom. The fourth-order valence-corrected chi connectivity index (χ4v) is 6.71. The van der Waals surface area contributed by atoms with Gasteiger partial charge in [0, 0.05) is 11.9 Å². The number of β-lactam (4-membered cyclic amide) rings is 1. The van der Waals surface area contributed by atoms with Gasteiger partial charge < -0.3 is 14.4 Å². The molecular weight excluding hydrogens is 466 g/mol. The van der Waals surface area contributed by atoms with E-state index in [0.29, 0.717) is 0 Å². The van der Waals surface area contributed by atoms with Crippen molar-refractivity contribution in [3.63, 3.8) is 0 Å². The van der Waals surface area contributed by atoms with E-state index in [4.69, 9.17) is 9.47 Å². The SMILES string of the molecule is COC[C@@]1(Br)C(=O)N2[C@H](C(=O)OC(c3ccccc3)c3ccccc3)C(C)(C)S[C@@H]21. The summed E-state index contributed by atoms with van der Waals surface area (Å²) in [5.74, 6) is -0.529. The molecule has 2 aromatic rings. The molecule has 30 heavy (non-hydrogen) atoms. The number of halogens is 1. The van der Waals surface area contributed by atoms with Gasteiger partial charge in [0.2, 0.25) is 5.91 Å². The normalized spacial score (nSPS) is 27.0. The Kier molecular flexibility index (Phi) is 5.72. The molecule has 2 fully saturated rings. The molecule has 7 heteroatoms. The molecule has 2 aliphatic heterocycles. The van der Waals surface area contributed by atoms with E-state index < -0.39 is 27.2 Å². The van der Waals surface area contributed by atoms with Crippen molar-refractivity contribution in [2.45, 2.75) is 40.4 Å². The van der Waals surface area contributed by atoms with Gasteiger partial charge in [0.05, 0.1) is 6.61 Å². The van der Waals surface area contributed by atoms with Crippen molar-refractivity contribution in [1.29, 1.82) is 0 Å². The Hall–Kier alpha value is -1.83. The van der Waals surface area contributed by atoms with Crippen LogP contribution >= 0.6 is 27.7 Å². The number of esters is 1. The Morgan fingerprint density at radius 2 is 1.63 bits per heavy atom. The molecule has 2 heterocycles. The molecule has 0 aliphatic carbocycles. The molecule has 2 aromatic carbocycles. The first-order chi connectivity index (χ1) is 14.3. The van der Waals surface area contributed by atoms with Crippen LogP contribution in [0.15, 0.2) is 60.7 Å². The second kappa shape index (κ2) is 8.02. The summed E-state index contributed by atoms with van der Waals surface area (Å²) >= 11 is 5.16. The minimum atomic E-state index is -0.795. The highest BCUT2D eigenvalue weighted by Crippen LogP contribution is 2.58. The first kappa shape index (κ1) is 21.4. The third kappa shape index (κ3) is 3.47. The van der Waals surface area contributed by atoms with Gasteiger partial charge in [-0.15, -0.1) is 11.8 Å². The van der Waals surface area contributed by atoms with Crippen LogP contribution in [0.5, 0.6) is 0 Å². The standard InChI is InChI=1S/C23H24BrNO4S/c1-22(2)18(25-20(27)23(24,14-28-3)21(25)30-22)19(26)29-17(15-10-6-4-7-11-15)16-12-8-5-9-13-16/h4-13,17-18,21H,14H2,1-3H3/t18-,21-,23-/m1/s1. The van der Waals surface area contributed by atoms with Crippen LogP contribution in [-0.4, -0.2) is 51.0 Å². The number of fused-ring (bicyclic) bond motifs is 1. The largest absolute Gasteiger partial charge is 0.451 e. The third-order valence-corrected chi connectivity index (χ3v) is 8.59. The van der Waals surface area contributed by atoms with E-state index in [1.165, 1.54) is 0 Å². The molecule has 5 nitrogen and oxygen atoms in total. The number of carbonyl (C=O) groups is 2. The summed E-state index contributed by atoms with van der Waals surface area (Å²) in [6.07, 6.45) is -0.538. The molecule has 3 atom stereocenters. The maximum absolute atomic E-state index is 13.4. The predicted octanol–water partition coefficient (Wildman–Crippen LogP) is 4.16. The smallest absolute Gasteiger partial charge is 0.331 e. The zero-order chi connectivity index (χ0) is 21.5. The highest BCUT2D eigenvalue weighted by Gasteiger charge is 2.71. The molecule has 0 radical (unpaired) electrons. The average Bonchev–Trinajstić information content (AvgIpc) is 3.02. The summed E-state index contributed by atoms with van der Waals surface area (Å²) in [7, 11) is 1.57.